The van der Waals surface area contributed by atoms with E-state index in [9.17, 15) is 9.90 Å². The molecule has 1 aromatic carbocycles. The highest BCUT2D eigenvalue weighted by molar-refractivity contribution is 8.20. The van der Waals surface area contributed by atoms with Crippen molar-refractivity contribution in [2.45, 2.75) is 30.3 Å². The molecule has 1 aromatic rings. The molecule has 21 heavy (non-hydrogen) atoms. The number of hydrogen-bond donors (Lipinski definition) is 2. The summed E-state index contributed by atoms with van der Waals surface area (Å²) in [5.74, 6) is 2.06. The molecule has 0 radical (unpaired) electrons. The molecule has 1 aliphatic rings. The van der Waals surface area contributed by atoms with Crippen LogP contribution in [-0.2, 0) is 16.1 Å². The summed E-state index contributed by atoms with van der Waals surface area (Å²) < 4.78 is 6.10. The van der Waals surface area contributed by atoms with Crippen LogP contribution < -0.4 is 5.32 Å². The Balaban J connectivity index is 1.98. The first-order chi connectivity index (χ1) is 10.2. The number of aliphatic hydroxyl groups is 1. The van der Waals surface area contributed by atoms with Gasteiger partial charge in [0.25, 0.3) is 0 Å². The molecule has 0 aliphatic carbocycles. The summed E-state index contributed by atoms with van der Waals surface area (Å²) in [6.07, 6.45) is -0.391. The van der Waals surface area contributed by atoms with E-state index in [2.05, 4.69) is 5.32 Å². The molecule has 1 aliphatic heterocycles. The molecule has 1 amide bonds. The van der Waals surface area contributed by atoms with Crippen LogP contribution >= 0.6 is 23.5 Å². The number of carbonyl (C=O) groups is 1. The molecular weight excluding hydrogens is 306 g/mol. The van der Waals surface area contributed by atoms with Crippen molar-refractivity contribution in [3.63, 3.8) is 0 Å². The zero-order valence-corrected chi connectivity index (χ0v) is 13.7. The van der Waals surface area contributed by atoms with Gasteiger partial charge in [0.2, 0.25) is 5.91 Å². The third kappa shape index (κ3) is 5.21. The molecule has 2 N–H and O–H groups in total. The van der Waals surface area contributed by atoms with E-state index in [1.165, 1.54) is 6.92 Å². The van der Waals surface area contributed by atoms with Gasteiger partial charge in [0.1, 0.15) is 6.10 Å². The molecule has 0 unspecified atom stereocenters. The first-order valence-corrected chi connectivity index (χ1v) is 9.07. The van der Waals surface area contributed by atoms with Gasteiger partial charge in [0.15, 0.2) is 0 Å². The van der Waals surface area contributed by atoms with E-state index in [-0.39, 0.29) is 23.1 Å². The SMILES string of the molecule is CC(=O)N[C@@H](C1SCCS1)[C@@H](CO)OCc1ccccc1. The van der Waals surface area contributed by atoms with Crippen LogP contribution in [0.4, 0.5) is 0 Å². The van der Waals surface area contributed by atoms with Gasteiger partial charge in [-0.3, -0.25) is 4.79 Å². The lowest BCUT2D eigenvalue weighted by Crippen LogP contribution is -2.50. The number of thioether (sulfide) groups is 2. The molecule has 2 atom stereocenters. The van der Waals surface area contributed by atoms with Crippen LogP contribution in [0, 0.1) is 0 Å². The molecule has 116 valence electrons. The number of ether oxygens (including phenoxy) is 1. The fourth-order valence-electron chi connectivity index (χ4n) is 2.20. The van der Waals surface area contributed by atoms with E-state index < -0.39 is 6.10 Å². The molecule has 0 aromatic heterocycles. The lowest BCUT2D eigenvalue weighted by molar-refractivity contribution is -0.121. The maximum absolute atomic E-state index is 11.4. The van der Waals surface area contributed by atoms with Gasteiger partial charge >= 0.3 is 0 Å². The topological polar surface area (TPSA) is 58.6 Å². The van der Waals surface area contributed by atoms with Crippen molar-refractivity contribution < 1.29 is 14.6 Å². The second kappa shape index (κ2) is 8.68. The van der Waals surface area contributed by atoms with Gasteiger partial charge in [-0.15, -0.1) is 23.5 Å². The lowest BCUT2D eigenvalue weighted by atomic mass is 10.2. The zero-order chi connectivity index (χ0) is 15.1. The normalized spacial score (nSPS) is 18.4. The fraction of sp³-hybridized carbons (Fsp3) is 0.533. The van der Waals surface area contributed by atoms with E-state index in [4.69, 9.17) is 4.74 Å². The minimum atomic E-state index is -0.391. The quantitative estimate of drug-likeness (QED) is 0.801. The third-order valence-corrected chi connectivity index (χ3v) is 6.40. The van der Waals surface area contributed by atoms with Crippen LogP contribution in [0.1, 0.15) is 12.5 Å². The molecule has 4 nitrogen and oxygen atoms in total. The smallest absolute Gasteiger partial charge is 0.217 e. The third-order valence-electron chi connectivity index (χ3n) is 3.20. The van der Waals surface area contributed by atoms with Crippen molar-refractivity contribution >= 4 is 29.4 Å². The van der Waals surface area contributed by atoms with Crippen LogP contribution in [-0.4, -0.2) is 45.9 Å². The predicted molar refractivity (Wildman–Crippen MR) is 88.4 cm³/mol. The van der Waals surface area contributed by atoms with Crippen molar-refractivity contribution in [2.75, 3.05) is 18.1 Å². The highest BCUT2D eigenvalue weighted by atomic mass is 32.2. The summed E-state index contributed by atoms with van der Waals surface area (Å²) in [7, 11) is 0. The van der Waals surface area contributed by atoms with Crippen molar-refractivity contribution in [2.24, 2.45) is 0 Å². The van der Waals surface area contributed by atoms with Gasteiger partial charge in [-0.2, -0.15) is 0 Å². The summed E-state index contributed by atoms with van der Waals surface area (Å²) in [6, 6.07) is 9.68. The van der Waals surface area contributed by atoms with Crippen LogP contribution in [0.5, 0.6) is 0 Å². The highest BCUT2D eigenvalue weighted by Crippen LogP contribution is 2.36. The number of aliphatic hydroxyl groups excluding tert-OH is 1. The molecule has 1 saturated heterocycles. The number of amides is 1. The Morgan fingerprint density at radius 2 is 2.05 bits per heavy atom. The van der Waals surface area contributed by atoms with E-state index in [1.54, 1.807) is 0 Å². The van der Waals surface area contributed by atoms with Crippen LogP contribution in [0.15, 0.2) is 30.3 Å². The summed E-state index contributed by atoms with van der Waals surface area (Å²) in [5.41, 5.74) is 1.06. The van der Waals surface area contributed by atoms with E-state index in [0.29, 0.717) is 6.61 Å². The van der Waals surface area contributed by atoms with Gasteiger partial charge in [-0.1, -0.05) is 30.3 Å². The number of rotatable bonds is 7. The largest absolute Gasteiger partial charge is 0.394 e. The van der Waals surface area contributed by atoms with Crippen molar-refractivity contribution in [1.82, 2.24) is 5.32 Å². The molecule has 0 spiro atoms. The van der Waals surface area contributed by atoms with Gasteiger partial charge in [-0.25, -0.2) is 0 Å². The van der Waals surface area contributed by atoms with Gasteiger partial charge < -0.3 is 15.2 Å². The molecule has 0 bridgehead atoms. The van der Waals surface area contributed by atoms with Crippen LogP contribution in [0.3, 0.4) is 0 Å². The first kappa shape index (κ1) is 16.7. The maximum Gasteiger partial charge on any atom is 0.217 e. The zero-order valence-electron chi connectivity index (χ0n) is 12.0. The lowest BCUT2D eigenvalue weighted by Gasteiger charge is -2.30. The number of benzene rings is 1. The number of carbonyl (C=O) groups excluding carboxylic acids is 1. The van der Waals surface area contributed by atoms with Crippen LogP contribution in [0.25, 0.3) is 0 Å². The Bertz CT molecular complexity index is 438. The average Bonchev–Trinajstić information content (AvgIpc) is 3.01. The monoisotopic (exact) mass is 327 g/mol. The summed E-state index contributed by atoms with van der Waals surface area (Å²) >= 11 is 3.63. The van der Waals surface area contributed by atoms with Gasteiger partial charge in [0, 0.05) is 18.4 Å². The van der Waals surface area contributed by atoms with Crippen LogP contribution in [0.2, 0.25) is 0 Å². The van der Waals surface area contributed by atoms with Gasteiger partial charge in [0.05, 0.1) is 23.8 Å². The minimum Gasteiger partial charge on any atom is -0.394 e. The Morgan fingerprint density at radius 3 is 2.62 bits per heavy atom. The average molecular weight is 327 g/mol. The van der Waals surface area contributed by atoms with E-state index in [0.717, 1.165) is 17.1 Å². The predicted octanol–water partition coefficient (Wildman–Crippen LogP) is 1.87. The second-order valence-corrected chi connectivity index (χ2v) is 7.65. The molecule has 2 rings (SSSR count). The van der Waals surface area contributed by atoms with Crippen molar-refractivity contribution in [3.8, 4) is 0 Å². The molecule has 1 fully saturated rings. The summed E-state index contributed by atoms with van der Waals surface area (Å²) in [4.78, 5) is 11.4. The van der Waals surface area contributed by atoms with E-state index >= 15 is 0 Å². The summed E-state index contributed by atoms with van der Waals surface area (Å²) in [5, 5.41) is 12.6. The minimum absolute atomic E-state index is 0.0881. The number of hydrogen-bond acceptors (Lipinski definition) is 5. The standard InChI is InChI=1S/C15H21NO3S2/c1-11(18)16-14(15-20-7-8-21-15)13(9-17)19-10-12-5-3-2-4-6-12/h2-6,13-15,17H,7-10H2,1H3,(H,16,18)/t13-,14-/m1/s1. The second-order valence-electron chi connectivity index (χ2n) is 4.85. The Hall–Kier alpha value is -0.690. The van der Waals surface area contributed by atoms with Crippen molar-refractivity contribution in [1.29, 1.82) is 0 Å². The Labute approximate surface area is 134 Å². The Kier molecular flexibility index (Phi) is 6.89. The molecule has 6 heteroatoms. The highest BCUT2D eigenvalue weighted by Gasteiger charge is 2.33. The maximum atomic E-state index is 11.4. The number of nitrogens with one attached hydrogen (secondary N) is 1. The molecule has 1 heterocycles. The first-order valence-electron chi connectivity index (χ1n) is 6.97. The molecular formula is C15H21NO3S2. The summed E-state index contributed by atoms with van der Waals surface area (Å²) in [6.45, 7) is 1.84. The molecule has 0 saturated carbocycles. The van der Waals surface area contributed by atoms with E-state index in [1.807, 2.05) is 53.9 Å². The Morgan fingerprint density at radius 1 is 1.38 bits per heavy atom. The fourth-order valence-corrected chi connectivity index (χ4v) is 5.30. The van der Waals surface area contributed by atoms with Gasteiger partial charge in [-0.05, 0) is 5.56 Å². The van der Waals surface area contributed by atoms with Crippen molar-refractivity contribution in [3.05, 3.63) is 35.9 Å².